The summed E-state index contributed by atoms with van der Waals surface area (Å²) >= 11 is 0. The van der Waals surface area contributed by atoms with E-state index < -0.39 is 9.20 Å². The van der Waals surface area contributed by atoms with E-state index in [1.165, 1.54) is 5.68 Å². The van der Waals surface area contributed by atoms with Crippen LogP contribution in [-0.2, 0) is 0 Å². The molecule has 0 unspecified atom stereocenters. The van der Waals surface area contributed by atoms with E-state index in [1.54, 1.807) is 0 Å². The van der Waals surface area contributed by atoms with Gasteiger partial charge in [-0.05, 0) is 0 Å². The smallest absolute Gasteiger partial charge is 0.288 e. The van der Waals surface area contributed by atoms with Crippen LogP contribution in [0.2, 0.25) is 0 Å². The van der Waals surface area contributed by atoms with Gasteiger partial charge in [-0.2, -0.15) is 0 Å². The van der Waals surface area contributed by atoms with Gasteiger partial charge >= 0.3 is 0 Å². The molecule has 4 heavy (non-hydrogen) atoms. The molecular formula is CH2O2Si. The lowest BCUT2D eigenvalue weighted by Gasteiger charge is -1.44. The molecule has 0 radical (unpaired) electrons. The first-order valence-electron chi connectivity index (χ1n) is 0.697. The summed E-state index contributed by atoms with van der Waals surface area (Å²) in [7, 11) is -0.554. The van der Waals surface area contributed by atoms with Gasteiger partial charge in [0.05, 0.1) is 0 Å². The lowest BCUT2D eigenvalue weighted by molar-refractivity contribution is 0.512. The van der Waals surface area contributed by atoms with Crippen molar-refractivity contribution in [3.05, 3.63) is 0 Å². The molecule has 0 fully saturated rings. The lowest BCUT2D eigenvalue weighted by atomic mass is 11.8. The van der Waals surface area contributed by atoms with Crippen LogP contribution < -0.4 is 0 Å². The highest BCUT2D eigenvalue weighted by Gasteiger charge is 1.33. The Labute approximate surface area is 25.9 Å². The molecule has 0 atom stereocenters. The molecule has 0 saturated carbocycles. The Bertz CT molecular complexity index is 42.8. The summed E-state index contributed by atoms with van der Waals surface area (Å²) in [5.74, 6) is 0. The molecule has 0 rings (SSSR count). The van der Waals surface area contributed by atoms with E-state index in [1.807, 2.05) is 0 Å². The van der Waals surface area contributed by atoms with Gasteiger partial charge < -0.3 is 9.90 Å². The Morgan fingerprint density at radius 3 is 2.00 bits per heavy atom. The van der Waals surface area contributed by atoms with E-state index in [0.717, 1.165) is 0 Å². The quantitative estimate of drug-likeness (QED) is 0.358. The highest BCUT2D eigenvalue weighted by atomic mass is 28.2. The maximum absolute atomic E-state index is 7.54. The van der Waals surface area contributed by atoms with Crippen LogP contribution in [0.15, 0.2) is 0 Å². The third kappa shape index (κ3) is 1.60. The maximum Gasteiger partial charge on any atom is 0.288 e. The molecular weight excluding hydrogens is 72.1 g/mol. The minimum atomic E-state index is -0.554. The molecule has 0 bridgehead atoms. The van der Waals surface area contributed by atoms with E-state index in [2.05, 4.69) is 0 Å². The average Bonchev–Trinajstić information content (AvgIpc) is 1.37. The number of hydrogen-bond donors (Lipinski definition) is 2. The standard InChI is InChI=1S/CH2O2Si/c2-1-4-3/h2-3H. The summed E-state index contributed by atoms with van der Waals surface area (Å²) in [5, 5.41) is 7.39. The molecule has 0 aromatic heterocycles. The van der Waals surface area contributed by atoms with Gasteiger partial charge in [0.2, 0.25) is 0 Å². The SMILES string of the molecule is OC#[Si]O. The molecule has 2 nitrogen and oxygen atoms in total. The molecule has 0 saturated heterocycles. The fourth-order valence-corrected chi connectivity index (χ4v) is 0. The van der Waals surface area contributed by atoms with Crippen molar-refractivity contribution in [2.24, 2.45) is 0 Å². The fourth-order valence-electron chi connectivity index (χ4n) is 0. The van der Waals surface area contributed by atoms with E-state index in [9.17, 15) is 0 Å². The van der Waals surface area contributed by atoms with Crippen LogP contribution in [0, 0.1) is 5.68 Å². The second kappa shape index (κ2) is 2.60. The molecule has 22 valence electrons. The Morgan fingerprint density at radius 1 is 1.75 bits per heavy atom. The Hall–Kier alpha value is -0.403. The molecule has 0 aliphatic rings. The summed E-state index contributed by atoms with van der Waals surface area (Å²) in [6.07, 6.45) is 0. The van der Waals surface area contributed by atoms with Crippen molar-refractivity contribution >= 4 is 9.20 Å². The molecule has 3 heteroatoms. The van der Waals surface area contributed by atoms with Gasteiger partial charge in [0.15, 0.2) is 0 Å². The molecule has 0 amide bonds. The number of aliphatic hydroxyl groups is 1. The maximum atomic E-state index is 7.54. The van der Waals surface area contributed by atoms with Crippen LogP contribution in [0.3, 0.4) is 0 Å². The number of hydrogen-bond acceptors (Lipinski definition) is 2. The zero-order valence-electron chi connectivity index (χ0n) is 1.89. The lowest BCUT2D eigenvalue weighted by Crippen LogP contribution is -1.57. The largest absolute Gasteiger partial charge is 0.519 e. The summed E-state index contributed by atoms with van der Waals surface area (Å²) in [6.45, 7) is 0. The van der Waals surface area contributed by atoms with Crippen molar-refractivity contribution in [1.82, 2.24) is 0 Å². The van der Waals surface area contributed by atoms with Crippen molar-refractivity contribution in [2.45, 2.75) is 0 Å². The van der Waals surface area contributed by atoms with Gasteiger partial charge in [0.25, 0.3) is 9.20 Å². The van der Waals surface area contributed by atoms with Crippen LogP contribution in [0.5, 0.6) is 0 Å². The van der Waals surface area contributed by atoms with Gasteiger partial charge in [-0.3, -0.25) is 0 Å². The Balaban J connectivity index is 2.83. The third-order valence-corrected chi connectivity index (χ3v) is 0.150. The van der Waals surface area contributed by atoms with Gasteiger partial charge in [-0.1, -0.05) is 0 Å². The zero-order valence-corrected chi connectivity index (χ0v) is 2.89. The Morgan fingerprint density at radius 2 is 2.00 bits per heavy atom. The van der Waals surface area contributed by atoms with Crippen LogP contribution in [0.1, 0.15) is 0 Å². The van der Waals surface area contributed by atoms with E-state index in [-0.39, 0.29) is 0 Å². The van der Waals surface area contributed by atoms with Crippen LogP contribution in [0.25, 0.3) is 0 Å². The fraction of sp³-hybridized carbons (Fsp3) is 0. The van der Waals surface area contributed by atoms with Crippen LogP contribution in [-0.4, -0.2) is 19.1 Å². The third-order valence-electron chi connectivity index (χ3n) is 0.0500. The van der Waals surface area contributed by atoms with Crippen LogP contribution >= 0.6 is 0 Å². The van der Waals surface area contributed by atoms with Gasteiger partial charge in [0, 0.05) is 0 Å². The molecule has 2 N–H and O–H groups in total. The molecule has 0 aliphatic carbocycles. The highest BCUT2D eigenvalue weighted by molar-refractivity contribution is 6.11. The molecule has 0 spiro atoms. The zero-order chi connectivity index (χ0) is 3.41. The summed E-state index contributed by atoms with van der Waals surface area (Å²) in [4.78, 5) is 7.54. The Kier molecular flexibility index (Phi) is 2.34. The van der Waals surface area contributed by atoms with Crippen molar-refractivity contribution in [3.63, 3.8) is 0 Å². The van der Waals surface area contributed by atoms with Crippen LogP contribution in [0.4, 0.5) is 0 Å². The minimum absolute atomic E-state index is 0.554. The van der Waals surface area contributed by atoms with Crippen molar-refractivity contribution in [1.29, 1.82) is 0 Å². The summed E-state index contributed by atoms with van der Waals surface area (Å²) in [5.41, 5.74) is 1.51. The second-order valence-corrected chi connectivity index (χ2v) is 0.671. The van der Waals surface area contributed by atoms with Crippen molar-refractivity contribution in [2.75, 3.05) is 0 Å². The van der Waals surface area contributed by atoms with E-state index >= 15 is 0 Å². The van der Waals surface area contributed by atoms with E-state index in [0.29, 0.717) is 0 Å². The number of aliphatic hydroxyl groups excluding tert-OH is 1. The monoisotopic (exact) mass is 74.0 g/mol. The predicted octanol–water partition coefficient (Wildman–Crippen LogP) is -1.11. The molecule has 0 heterocycles. The van der Waals surface area contributed by atoms with Gasteiger partial charge in [0.1, 0.15) is 5.68 Å². The second-order valence-electron chi connectivity index (χ2n) is 0.224. The van der Waals surface area contributed by atoms with E-state index in [4.69, 9.17) is 9.90 Å². The average molecular weight is 74.1 g/mol. The molecule has 0 aromatic rings. The van der Waals surface area contributed by atoms with Crippen molar-refractivity contribution in [3.8, 4) is 5.68 Å². The van der Waals surface area contributed by atoms with Gasteiger partial charge in [-0.25, -0.2) is 0 Å². The first-order valence-corrected chi connectivity index (χ1v) is 1.64. The molecule has 0 aromatic carbocycles. The highest BCUT2D eigenvalue weighted by Crippen LogP contribution is 1.13. The first kappa shape index (κ1) is 3.60. The predicted molar refractivity (Wildman–Crippen MR) is 13.8 cm³/mol. The first-order chi connectivity index (χ1) is 1.91. The summed E-state index contributed by atoms with van der Waals surface area (Å²) < 4.78 is 0. The topological polar surface area (TPSA) is 40.5 Å². The number of rotatable bonds is 0. The summed E-state index contributed by atoms with van der Waals surface area (Å²) in [6, 6.07) is 0. The van der Waals surface area contributed by atoms with Crippen molar-refractivity contribution < 1.29 is 9.90 Å². The minimum Gasteiger partial charge on any atom is -0.519 e. The van der Waals surface area contributed by atoms with Gasteiger partial charge in [-0.15, -0.1) is 0 Å². The molecule has 0 aliphatic heterocycles. The normalized spacial score (nSPS) is 3.00.